The van der Waals surface area contributed by atoms with Crippen molar-refractivity contribution in [1.29, 1.82) is 5.26 Å². The molecule has 31 heavy (non-hydrogen) atoms. The van der Waals surface area contributed by atoms with Crippen molar-refractivity contribution in [2.45, 2.75) is 5.92 Å². The second kappa shape index (κ2) is 7.51. The average molecular weight is 432 g/mol. The van der Waals surface area contributed by atoms with Gasteiger partial charge in [-0.1, -0.05) is 24.3 Å². The number of allylic oxidation sites excluding steroid dienone is 1. The molecule has 4 rings (SSSR count). The minimum atomic E-state index is -0.873. The van der Waals surface area contributed by atoms with Gasteiger partial charge in [-0.2, -0.15) is 5.26 Å². The van der Waals surface area contributed by atoms with Gasteiger partial charge >= 0.3 is 0 Å². The summed E-state index contributed by atoms with van der Waals surface area (Å²) < 4.78 is 1.66. The van der Waals surface area contributed by atoms with Crippen molar-refractivity contribution in [2.24, 2.45) is 11.5 Å². The number of phenolic OH excluding ortho intramolecular Hbond substituents is 2. The fraction of sp³-hybridized carbons (Fsp3) is 0.0455. The van der Waals surface area contributed by atoms with Crippen LogP contribution in [0, 0.1) is 11.3 Å². The van der Waals surface area contributed by atoms with Crippen LogP contribution in [0.1, 0.15) is 17.0 Å². The normalized spacial score (nSPS) is 16.2. The van der Waals surface area contributed by atoms with E-state index >= 15 is 0 Å². The largest absolute Gasteiger partial charge is 0.508 e. The van der Waals surface area contributed by atoms with Crippen LogP contribution in [0.2, 0.25) is 0 Å². The van der Waals surface area contributed by atoms with Crippen LogP contribution in [0.4, 0.5) is 0 Å². The van der Waals surface area contributed by atoms with Gasteiger partial charge in [0.15, 0.2) is 0 Å². The molecular formula is C22H16N4O4S. The van der Waals surface area contributed by atoms with E-state index in [0.717, 1.165) is 15.9 Å². The van der Waals surface area contributed by atoms with Gasteiger partial charge in [0.05, 0.1) is 27.7 Å². The number of primary amides is 1. The molecule has 0 saturated carbocycles. The molecule has 2 aromatic carbocycles. The Labute approximate surface area is 179 Å². The van der Waals surface area contributed by atoms with E-state index in [9.17, 15) is 25.1 Å². The standard InChI is InChI=1S/C22H16N4O4S/c23-10-15-17(12-3-7-14(28)8-4-12)18(20(25)29)22-26(19(15)24)21(30)16(31-22)9-11-1-5-13(27)6-2-11/h1-9,17,27-28H,24H2,(H2,25,29)/b16-9-. The van der Waals surface area contributed by atoms with Crippen molar-refractivity contribution in [2.75, 3.05) is 0 Å². The van der Waals surface area contributed by atoms with Crippen LogP contribution in [0.3, 0.4) is 0 Å². The van der Waals surface area contributed by atoms with Crippen molar-refractivity contribution in [3.8, 4) is 17.6 Å². The second-order valence-electron chi connectivity index (χ2n) is 6.86. The summed E-state index contributed by atoms with van der Waals surface area (Å²) in [6.45, 7) is 0. The Balaban J connectivity index is 2.07. The number of amides is 1. The van der Waals surface area contributed by atoms with Crippen LogP contribution in [0.15, 0.2) is 58.9 Å². The van der Waals surface area contributed by atoms with Gasteiger partial charge in [0.25, 0.3) is 5.56 Å². The maximum absolute atomic E-state index is 13.1. The Bertz CT molecular complexity index is 1460. The third-order valence-electron chi connectivity index (χ3n) is 4.95. The Morgan fingerprint density at radius 3 is 2.23 bits per heavy atom. The minimum absolute atomic E-state index is 0.0167. The van der Waals surface area contributed by atoms with E-state index in [0.29, 0.717) is 11.1 Å². The van der Waals surface area contributed by atoms with E-state index in [1.165, 1.54) is 24.3 Å². The molecule has 154 valence electrons. The summed E-state index contributed by atoms with van der Waals surface area (Å²) in [5.74, 6) is -1.62. The maximum Gasteiger partial charge on any atom is 0.274 e. The van der Waals surface area contributed by atoms with Crippen LogP contribution in [-0.2, 0) is 4.79 Å². The lowest BCUT2D eigenvalue weighted by Gasteiger charge is -2.24. The number of fused-ring (bicyclic) bond motifs is 1. The van der Waals surface area contributed by atoms with E-state index in [4.69, 9.17) is 11.5 Å². The number of hydrogen-bond acceptors (Lipinski definition) is 7. The Kier molecular flexibility index (Phi) is 4.85. The van der Waals surface area contributed by atoms with Gasteiger partial charge in [-0.05, 0) is 41.5 Å². The van der Waals surface area contributed by atoms with Gasteiger partial charge in [0, 0.05) is 0 Å². The van der Waals surface area contributed by atoms with Gasteiger partial charge in [-0.15, -0.1) is 11.3 Å². The highest BCUT2D eigenvalue weighted by Crippen LogP contribution is 2.36. The van der Waals surface area contributed by atoms with Crippen LogP contribution in [0.5, 0.6) is 11.5 Å². The van der Waals surface area contributed by atoms with Crippen molar-refractivity contribution < 1.29 is 15.0 Å². The van der Waals surface area contributed by atoms with E-state index in [1.807, 2.05) is 6.07 Å². The van der Waals surface area contributed by atoms with E-state index in [1.54, 1.807) is 30.3 Å². The summed E-state index contributed by atoms with van der Waals surface area (Å²) >= 11 is 1.04. The first kappa shape index (κ1) is 20.0. The number of rotatable bonds is 3. The quantitative estimate of drug-likeness (QED) is 0.464. The number of aromatic nitrogens is 1. The van der Waals surface area contributed by atoms with Crippen molar-refractivity contribution >= 4 is 34.7 Å². The van der Waals surface area contributed by atoms with Gasteiger partial charge in [0.2, 0.25) is 5.91 Å². The summed E-state index contributed by atoms with van der Waals surface area (Å²) in [7, 11) is 0. The van der Waals surface area contributed by atoms with E-state index in [-0.39, 0.29) is 37.7 Å². The summed E-state index contributed by atoms with van der Waals surface area (Å²) in [6.07, 6.45) is 1.60. The molecule has 1 aliphatic rings. The fourth-order valence-electron chi connectivity index (χ4n) is 3.51. The zero-order valence-electron chi connectivity index (χ0n) is 15.9. The Morgan fingerprint density at radius 1 is 1.10 bits per heavy atom. The number of carbonyl (C=O) groups is 1. The molecule has 0 saturated heterocycles. The summed E-state index contributed by atoms with van der Waals surface area (Å²) in [5.41, 5.74) is 12.7. The highest BCUT2D eigenvalue weighted by molar-refractivity contribution is 7.07. The highest BCUT2D eigenvalue weighted by atomic mass is 32.1. The van der Waals surface area contributed by atoms with Crippen LogP contribution < -0.4 is 26.2 Å². The third-order valence-corrected chi connectivity index (χ3v) is 6.06. The van der Waals surface area contributed by atoms with E-state index in [2.05, 4.69) is 0 Å². The lowest BCUT2D eigenvalue weighted by Crippen LogP contribution is -2.41. The van der Waals surface area contributed by atoms with Gasteiger partial charge in [-0.3, -0.25) is 14.2 Å². The molecule has 8 nitrogen and oxygen atoms in total. The number of benzene rings is 2. The van der Waals surface area contributed by atoms with E-state index < -0.39 is 17.4 Å². The lowest BCUT2D eigenvalue weighted by atomic mass is 9.83. The Hall–Kier alpha value is -4.29. The molecule has 0 spiro atoms. The summed E-state index contributed by atoms with van der Waals surface area (Å²) in [5, 5.41) is 28.8. The van der Waals surface area contributed by atoms with Gasteiger partial charge in [-0.25, -0.2) is 0 Å². The maximum atomic E-state index is 13.1. The first-order valence-electron chi connectivity index (χ1n) is 9.07. The molecule has 0 aliphatic carbocycles. The zero-order valence-corrected chi connectivity index (χ0v) is 16.8. The molecule has 1 amide bonds. The first-order valence-corrected chi connectivity index (χ1v) is 9.89. The summed E-state index contributed by atoms with van der Waals surface area (Å²) in [6, 6.07) is 14.2. The van der Waals surface area contributed by atoms with Crippen LogP contribution in [-0.4, -0.2) is 20.7 Å². The first-order chi connectivity index (χ1) is 14.8. The topological polar surface area (TPSA) is 155 Å². The fourth-order valence-corrected chi connectivity index (χ4v) is 4.69. The monoisotopic (exact) mass is 432 g/mol. The average Bonchev–Trinajstić information content (AvgIpc) is 3.06. The minimum Gasteiger partial charge on any atom is -0.508 e. The summed E-state index contributed by atoms with van der Waals surface area (Å²) in [4.78, 5) is 25.6. The van der Waals surface area contributed by atoms with Crippen LogP contribution in [0.25, 0.3) is 17.5 Å². The molecule has 6 N–H and O–H groups in total. The van der Waals surface area contributed by atoms with Crippen LogP contribution >= 0.6 is 11.3 Å². The number of phenols is 2. The predicted octanol–water partition coefficient (Wildman–Crippen LogP) is 0.234. The molecule has 0 fully saturated rings. The number of nitrogens with two attached hydrogens (primary N) is 2. The molecule has 1 aliphatic heterocycles. The van der Waals surface area contributed by atoms with Gasteiger partial charge in [0.1, 0.15) is 22.0 Å². The van der Waals surface area contributed by atoms with Crippen molar-refractivity contribution in [3.63, 3.8) is 0 Å². The van der Waals surface area contributed by atoms with Gasteiger partial charge < -0.3 is 21.7 Å². The molecule has 9 heteroatoms. The molecule has 0 radical (unpaired) electrons. The third kappa shape index (κ3) is 3.35. The lowest BCUT2D eigenvalue weighted by molar-refractivity contribution is -0.113. The molecule has 1 unspecified atom stereocenters. The number of thiazole rings is 1. The highest BCUT2D eigenvalue weighted by Gasteiger charge is 2.34. The second-order valence-corrected chi connectivity index (χ2v) is 7.89. The molecular weight excluding hydrogens is 416 g/mol. The zero-order chi connectivity index (χ0) is 22.3. The number of carbonyl (C=O) groups excluding carboxylic acids is 1. The Morgan fingerprint density at radius 2 is 1.68 bits per heavy atom. The molecule has 1 aromatic heterocycles. The smallest absolute Gasteiger partial charge is 0.274 e. The molecule has 0 bridgehead atoms. The predicted molar refractivity (Wildman–Crippen MR) is 116 cm³/mol. The van der Waals surface area contributed by atoms with Crippen molar-refractivity contribution in [1.82, 2.24) is 4.57 Å². The number of nitriles is 1. The van der Waals surface area contributed by atoms with Crippen molar-refractivity contribution in [3.05, 3.63) is 84.8 Å². The number of nitrogens with zero attached hydrogens (tertiary/aromatic N) is 2. The molecule has 3 aromatic rings. The SMILES string of the molecule is N#CC1=C(N)n2c(s/c(=C\c3ccc(O)cc3)c2=O)=C(C(N)=O)C1c1ccc(O)cc1. The molecule has 1 atom stereocenters. The number of aromatic hydroxyl groups is 2. The molecule has 2 heterocycles. The number of hydrogen-bond donors (Lipinski definition) is 4.